The molecule has 15 heteroatoms. The Balaban J connectivity index is 0.000000472. The van der Waals surface area contributed by atoms with Crippen molar-refractivity contribution in [2.75, 3.05) is 50.6 Å². The van der Waals surface area contributed by atoms with Gasteiger partial charge in [0.05, 0.1) is 35.5 Å². The number of allylic oxidation sites excluding steroid dienone is 1. The molecular weight excluding hydrogens is 591 g/mol. The number of imidazole rings is 1. The normalized spacial score (nSPS) is 23.3. The van der Waals surface area contributed by atoms with Crippen LogP contribution in [0.5, 0.6) is 5.75 Å². The number of H-pyrrole nitrogens is 1. The monoisotopic (exact) mass is 621 g/mol. The summed E-state index contributed by atoms with van der Waals surface area (Å²) in [5.41, 5.74) is 9.65. The fourth-order valence-corrected chi connectivity index (χ4v) is 6.11. The number of primary amides is 1. The average Bonchev–Trinajstić information content (AvgIpc) is 3.69. The number of likely N-dealkylation sites (N-methyl/N-ethyl adjacent to an activating group) is 1. The first kappa shape index (κ1) is 30.4. The zero-order chi connectivity index (χ0) is 31.1. The number of aromatic amines is 1. The molecule has 0 unspecified atom stereocenters. The first-order chi connectivity index (χ1) is 20.4. The van der Waals surface area contributed by atoms with E-state index in [0.717, 1.165) is 49.6 Å². The van der Waals surface area contributed by atoms with Gasteiger partial charge >= 0.3 is 12.1 Å². The molecule has 1 aromatic carbocycles. The molecule has 1 saturated heterocycles. The largest absolute Gasteiger partial charge is 0.496 e. The summed E-state index contributed by atoms with van der Waals surface area (Å²) in [7, 11) is 3.82. The maximum atomic E-state index is 12.2. The number of hydrogen-bond acceptors (Lipinski definition) is 8. The number of nitrogens with two attached hydrogens (primary N) is 1. The van der Waals surface area contributed by atoms with Crippen molar-refractivity contribution in [1.29, 1.82) is 0 Å². The van der Waals surface area contributed by atoms with E-state index in [9.17, 15) is 18.0 Å². The number of rotatable bonds is 6. The minimum absolute atomic E-state index is 0.121. The lowest BCUT2D eigenvalue weighted by Gasteiger charge is -2.34. The number of carbonyl (C=O) groups is 2. The highest BCUT2D eigenvalue weighted by atomic mass is 35.5. The number of carboxylic acids is 1. The summed E-state index contributed by atoms with van der Waals surface area (Å²) >= 11 is 6.60. The number of anilines is 2. The highest BCUT2D eigenvalue weighted by Crippen LogP contribution is 2.46. The number of alkyl halides is 3. The molecule has 11 nitrogen and oxygen atoms in total. The lowest BCUT2D eigenvalue weighted by atomic mass is 9.88. The van der Waals surface area contributed by atoms with Crippen LogP contribution in [0.3, 0.4) is 0 Å². The van der Waals surface area contributed by atoms with E-state index in [1.54, 1.807) is 13.3 Å². The smallest absolute Gasteiger partial charge is 0.490 e. The second-order valence-electron chi connectivity index (χ2n) is 10.8. The molecular formula is C28H31ClF3N7O4. The Labute approximate surface area is 249 Å². The van der Waals surface area contributed by atoms with Gasteiger partial charge in [0.15, 0.2) is 5.65 Å². The van der Waals surface area contributed by atoms with Crippen LogP contribution in [0.1, 0.15) is 6.42 Å². The molecule has 3 heterocycles. The van der Waals surface area contributed by atoms with Crippen LogP contribution in [-0.2, 0) is 9.59 Å². The lowest BCUT2D eigenvalue weighted by Crippen LogP contribution is -2.44. The first-order valence-corrected chi connectivity index (χ1v) is 14.0. The Morgan fingerprint density at radius 2 is 1.86 bits per heavy atom. The van der Waals surface area contributed by atoms with Crippen molar-refractivity contribution in [3.8, 4) is 17.1 Å². The second kappa shape index (κ2) is 11.9. The molecule has 1 saturated carbocycles. The van der Waals surface area contributed by atoms with Crippen LogP contribution in [0.4, 0.5) is 24.5 Å². The third kappa shape index (κ3) is 6.20. The van der Waals surface area contributed by atoms with Gasteiger partial charge in [-0.15, -0.1) is 0 Å². The molecule has 1 amide bonds. The zero-order valence-corrected chi connectivity index (χ0v) is 24.1. The fraction of sp³-hybridized carbons (Fsp3) is 0.429. The maximum absolute atomic E-state index is 12.2. The first-order valence-electron chi connectivity index (χ1n) is 13.6. The number of amides is 1. The Bertz CT molecular complexity index is 1560. The van der Waals surface area contributed by atoms with Crippen LogP contribution in [0.2, 0.25) is 5.02 Å². The number of fused-ring (bicyclic) bond motifs is 3. The van der Waals surface area contributed by atoms with Gasteiger partial charge in [-0.25, -0.2) is 14.8 Å². The molecule has 3 aliphatic rings. The molecule has 2 aromatic heterocycles. The summed E-state index contributed by atoms with van der Waals surface area (Å²) in [6.45, 7) is 4.02. The van der Waals surface area contributed by atoms with Crippen molar-refractivity contribution in [2.24, 2.45) is 23.5 Å². The van der Waals surface area contributed by atoms with Crippen molar-refractivity contribution in [3.63, 3.8) is 0 Å². The standard InChI is InChI=1S/C26H30ClN7O2.C2HF3O2/c1-33-7-9-34(10-8-33)16-5-6-17(19(12-16)36-2)25-31-23-22(18(27)13-29-26(23)32-25)30-21-15-4-3-14(11-15)20(21)24(28)35;3-2(4,5)1(6)7/h3-6,12-15,20-21H,7-11H2,1-2H3,(H2,28,35)(H2,29,30,31,32);(H,6,7)/t14-,15+,20+,21-;/m1./s1. The molecule has 43 heavy (non-hydrogen) atoms. The second-order valence-corrected chi connectivity index (χ2v) is 11.2. The number of aliphatic carboxylic acids is 1. The van der Waals surface area contributed by atoms with E-state index < -0.39 is 12.1 Å². The van der Waals surface area contributed by atoms with Crippen molar-refractivity contribution in [3.05, 3.63) is 41.6 Å². The van der Waals surface area contributed by atoms with Crippen LogP contribution in [-0.4, -0.2) is 89.4 Å². The van der Waals surface area contributed by atoms with Crippen LogP contribution in [0.25, 0.3) is 22.6 Å². The number of nitrogens with zero attached hydrogens (tertiary/aromatic N) is 4. The number of ether oxygens (including phenoxy) is 1. The molecule has 5 N–H and O–H groups in total. The topological polar surface area (TPSA) is 150 Å². The summed E-state index contributed by atoms with van der Waals surface area (Å²) in [6, 6.07) is 6.08. The predicted molar refractivity (Wildman–Crippen MR) is 155 cm³/mol. The van der Waals surface area contributed by atoms with E-state index in [0.29, 0.717) is 27.7 Å². The van der Waals surface area contributed by atoms with Gasteiger partial charge in [-0.2, -0.15) is 13.2 Å². The van der Waals surface area contributed by atoms with Gasteiger partial charge in [0.1, 0.15) is 17.1 Å². The van der Waals surface area contributed by atoms with Gasteiger partial charge in [-0.1, -0.05) is 23.8 Å². The lowest BCUT2D eigenvalue weighted by molar-refractivity contribution is -0.192. The Hall–Kier alpha value is -4.04. The van der Waals surface area contributed by atoms with Gasteiger partial charge in [0.2, 0.25) is 5.91 Å². The van der Waals surface area contributed by atoms with E-state index in [4.69, 9.17) is 37.0 Å². The third-order valence-electron chi connectivity index (χ3n) is 8.12. The number of carboxylic acid groups (broad SMARTS) is 1. The van der Waals surface area contributed by atoms with Gasteiger partial charge in [-0.3, -0.25) is 4.79 Å². The van der Waals surface area contributed by atoms with E-state index in [1.165, 1.54) is 0 Å². The van der Waals surface area contributed by atoms with Crippen LogP contribution in [0, 0.1) is 17.8 Å². The number of carbonyl (C=O) groups excluding carboxylic acids is 1. The van der Waals surface area contributed by atoms with Gasteiger partial charge < -0.3 is 35.7 Å². The number of halogens is 4. The minimum Gasteiger partial charge on any atom is -0.496 e. The van der Waals surface area contributed by atoms with E-state index in [2.05, 4.69) is 56.4 Å². The maximum Gasteiger partial charge on any atom is 0.490 e. The van der Waals surface area contributed by atoms with Crippen LogP contribution >= 0.6 is 11.6 Å². The van der Waals surface area contributed by atoms with Crippen molar-refractivity contribution in [1.82, 2.24) is 19.9 Å². The molecule has 1 aliphatic heterocycles. The van der Waals surface area contributed by atoms with Gasteiger partial charge in [0.25, 0.3) is 0 Å². The van der Waals surface area contributed by atoms with Crippen molar-refractivity contribution < 1.29 is 32.6 Å². The SMILES string of the molecule is COc1cc(N2CCN(C)CC2)ccc1-c1nc2ncc(Cl)c(N[C@H]3[C@@H](C(N)=O)[C@@H]4C=C[C@H]3C4)c2[nH]1.O=C(O)C(F)(F)F. The number of nitrogens with one attached hydrogen (secondary N) is 2. The molecule has 2 aliphatic carbocycles. The molecule has 3 aromatic rings. The molecule has 6 rings (SSSR count). The number of methoxy groups -OCH3 is 1. The van der Waals surface area contributed by atoms with E-state index in [-0.39, 0.29) is 29.7 Å². The Morgan fingerprint density at radius 1 is 1.19 bits per heavy atom. The van der Waals surface area contributed by atoms with E-state index in [1.807, 2.05) is 6.07 Å². The van der Waals surface area contributed by atoms with Gasteiger partial charge in [-0.05, 0) is 37.4 Å². The number of pyridine rings is 1. The number of hydrogen-bond donors (Lipinski definition) is 4. The minimum atomic E-state index is -5.08. The number of piperazine rings is 1. The van der Waals surface area contributed by atoms with Crippen LogP contribution in [0.15, 0.2) is 36.5 Å². The Kier molecular flexibility index (Phi) is 8.43. The van der Waals surface area contributed by atoms with E-state index >= 15 is 0 Å². The average molecular weight is 622 g/mol. The van der Waals surface area contributed by atoms with Gasteiger partial charge in [0, 0.05) is 44.0 Å². The summed E-state index contributed by atoms with van der Waals surface area (Å²) < 4.78 is 37.5. The van der Waals surface area contributed by atoms with Crippen molar-refractivity contribution in [2.45, 2.75) is 18.6 Å². The molecule has 4 atom stereocenters. The predicted octanol–water partition coefficient (Wildman–Crippen LogP) is 3.76. The molecule has 2 bridgehead atoms. The summed E-state index contributed by atoms with van der Waals surface area (Å²) in [6.07, 6.45) is 1.70. The number of aromatic nitrogens is 3. The quantitative estimate of drug-likeness (QED) is 0.302. The highest BCUT2D eigenvalue weighted by molar-refractivity contribution is 6.34. The summed E-state index contributed by atoms with van der Waals surface area (Å²) in [5, 5.41) is 11.1. The molecule has 0 radical (unpaired) electrons. The summed E-state index contributed by atoms with van der Waals surface area (Å²) in [4.78, 5) is 38.4. The molecule has 2 fully saturated rings. The zero-order valence-electron chi connectivity index (χ0n) is 23.4. The third-order valence-corrected chi connectivity index (χ3v) is 8.41. The highest BCUT2D eigenvalue weighted by Gasteiger charge is 2.47. The molecule has 230 valence electrons. The summed E-state index contributed by atoms with van der Waals surface area (Å²) in [5.74, 6) is -1.54. The van der Waals surface area contributed by atoms with Crippen molar-refractivity contribution >= 4 is 46.0 Å². The van der Waals surface area contributed by atoms with Crippen LogP contribution < -0.4 is 20.7 Å². The number of benzene rings is 1. The fourth-order valence-electron chi connectivity index (χ4n) is 5.91. The molecule has 0 spiro atoms. The Morgan fingerprint density at radius 3 is 2.49 bits per heavy atom.